The maximum Gasteiger partial charge on any atom is 0.223 e. The lowest BCUT2D eigenvalue weighted by atomic mass is 9.92. The molecular formula is C15H24N2O. The van der Waals surface area contributed by atoms with Crippen LogP contribution in [-0.4, -0.2) is 19.5 Å². The second-order valence-corrected chi connectivity index (χ2v) is 5.87. The van der Waals surface area contributed by atoms with E-state index in [9.17, 15) is 4.79 Å². The van der Waals surface area contributed by atoms with E-state index in [4.69, 9.17) is 0 Å². The molecule has 0 unspecified atom stereocenters. The molecule has 0 spiro atoms. The van der Waals surface area contributed by atoms with Gasteiger partial charge in [0.2, 0.25) is 5.91 Å². The standard InChI is InChI=1S/C15H24N2O/c1-12(18)17(5)14-8-6-7-13(11-14)16-10-9-15(2,3)4/h6-8,11,16H,9-10H2,1-5H3. The molecule has 1 amide bonds. The van der Waals surface area contributed by atoms with Gasteiger partial charge in [-0.1, -0.05) is 26.8 Å². The van der Waals surface area contributed by atoms with E-state index >= 15 is 0 Å². The van der Waals surface area contributed by atoms with Crippen molar-refractivity contribution in [3.8, 4) is 0 Å². The van der Waals surface area contributed by atoms with Gasteiger partial charge >= 0.3 is 0 Å². The SMILES string of the molecule is CC(=O)N(C)c1cccc(NCCC(C)(C)C)c1. The van der Waals surface area contributed by atoms with E-state index < -0.39 is 0 Å². The van der Waals surface area contributed by atoms with Gasteiger partial charge in [-0.15, -0.1) is 0 Å². The van der Waals surface area contributed by atoms with Crippen molar-refractivity contribution >= 4 is 17.3 Å². The summed E-state index contributed by atoms with van der Waals surface area (Å²) in [5, 5.41) is 3.40. The highest BCUT2D eigenvalue weighted by atomic mass is 16.2. The van der Waals surface area contributed by atoms with E-state index in [0.717, 1.165) is 24.3 Å². The Morgan fingerprint density at radius 3 is 2.56 bits per heavy atom. The summed E-state index contributed by atoms with van der Waals surface area (Å²) in [5.41, 5.74) is 2.31. The lowest BCUT2D eigenvalue weighted by Gasteiger charge is -2.20. The molecule has 3 heteroatoms. The maximum absolute atomic E-state index is 11.3. The maximum atomic E-state index is 11.3. The van der Waals surface area contributed by atoms with Crippen LogP contribution < -0.4 is 10.2 Å². The smallest absolute Gasteiger partial charge is 0.223 e. The monoisotopic (exact) mass is 248 g/mol. The van der Waals surface area contributed by atoms with Crippen molar-refractivity contribution in [3.05, 3.63) is 24.3 Å². The molecule has 0 heterocycles. The zero-order valence-electron chi connectivity index (χ0n) is 12.1. The Morgan fingerprint density at radius 1 is 1.33 bits per heavy atom. The molecule has 0 bridgehead atoms. The predicted molar refractivity (Wildman–Crippen MR) is 78.1 cm³/mol. The fourth-order valence-corrected chi connectivity index (χ4v) is 1.59. The lowest BCUT2D eigenvalue weighted by Crippen LogP contribution is -2.22. The van der Waals surface area contributed by atoms with Crippen molar-refractivity contribution in [2.75, 3.05) is 23.8 Å². The van der Waals surface area contributed by atoms with Crippen molar-refractivity contribution in [3.63, 3.8) is 0 Å². The minimum absolute atomic E-state index is 0.0434. The Kier molecular flexibility index (Phi) is 4.76. The van der Waals surface area contributed by atoms with E-state index in [-0.39, 0.29) is 5.91 Å². The van der Waals surface area contributed by atoms with Crippen molar-refractivity contribution in [2.24, 2.45) is 5.41 Å². The summed E-state index contributed by atoms with van der Waals surface area (Å²) in [4.78, 5) is 13.0. The quantitative estimate of drug-likeness (QED) is 0.884. The first-order valence-corrected chi connectivity index (χ1v) is 6.38. The van der Waals surface area contributed by atoms with Crippen LogP contribution in [-0.2, 0) is 4.79 Å². The van der Waals surface area contributed by atoms with Crippen LogP contribution in [0.5, 0.6) is 0 Å². The van der Waals surface area contributed by atoms with E-state index in [1.807, 2.05) is 24.3 Å². The highest BCUT2D eigenvalue weighted by molar-refractivity contribution is 5.91. The Bertz CT molecular complexity index is 407. The zero-order valence-corrected chi connectivity index (χ0v) is 12.1. The lowest BCUT2D eigenvalue weighted by molar-refractivity contribution is -0.116. The molecule has 0 aliphatic carbocycles. The third-order valence-electron chi connectivity index (χ3n) is 2.91. The van der Waals surface area contributed by atoms with Crippen LogP contribution in [0.15, 0.2) is 24.3 Å². The van der Waals surface area contributed by atoms with Gasteiger partial charge in [0.1, 0.15) is 0 Å². The predicted octanol–water partition coefficient (Wildman–Crippen LogP) is 3.52. The largest absolute Gasteiger partial charge is 0.385 e. The van der Waals surface area contributed by atoms with Gasteiger partial charge in [0.05, 0.1) is 0 Å². The Labute approximate surface area is 110 Å². The molecule has 1 aromatic carbocycles. The first-order chi connectivity index (χ1) is 8.29. The Balaban J connectivity index is 2.63. The van der Waals surface area contributed by atoms with Crippen LogP contribution in [0.4, 0.5) is 11.4 Å². The second kappa shape index (κ2) is 5.89. The zero-order chi connectivity index (χ0) is 13.8. The van der Waals surface area contributed by atoms with Crippen molar-refractivity contribution in [1.29, 1.82) is 0 Å². The van der Waals surface area contributed by atoms with Gasteiger partial charge in [0.25, 0.3) is 0 Å². The van der Waals surface area contributed by atoms with Gasteiger partial charge < -0.3 is 10.2 Å². The van der Waals surface area contributed by atoms with Crippen LogP contribution in [0.2, 0.25) is 0 Å². The van der Waals surface area contributed by atoms with Gasteiger partial charge in [-0.25, -0.2) is 0 Å². The van der Waals surface area contributed by atoms with E-state index in [0.29, 0.717) is 5.41 Å². The number of rotatable bonds is 4. The van der Waals surface area contributed by atoms with Crippen molar-refractivity contribution < 1.29 is 4.79 Å². The minimum atomic E-state index is 0.0434. The number of benzene rings is 1. The van der Waals surface area contributed by atoms with Gasteiger partial charge in [0.15, 0.2) is 0 Å². The number of carbonyl (C=O) groups excluding carboxylic acids is 1. The summed E-state index contributed by atoms with van der Waals surface area (Å²) in [5.74, 6) is 0.0434. The molecule has 0 atom stereocenters. The van der Waals surface area contributed by atoms with Crippen LogP contribution in [0.25, 0.3) is 0 Å². The van der Waals surface area contributed by atoms with E-state index in [2.05, 4.69) is 26.1 Å². The molecule has 0 radical (unpaired) electrons. The third-order valence-corrected chi connectivity index (χ3v) is 2.91. The number of nitrogens with one attached hydrogen (secondary N) is 1. The molecule has 1 aromatic rings. The van der Waals surface area contributed by atoms with Crippen LogP contribution in [0, 0.1) is 5.41 Å². The summed E-state index contributed by atoms with van der Waals surface area (Å²) in [6.07, 6.45) is 1.11. The number of hydrogen-bond acceptors (Lipinski definition) is 2. The Hall–Kier alpha value is -1.51. The molecular weight excluding hydrogens is 224 g/mol. The molecule has 0 saturated heterocycles. The fourth-order valence-electron chi connectivity index (χ4n) is 1.59. The molecule has 0 aliphatic rings. The average molecular weight is 248 g/mol. The summed E-state index contributed by atoms with van der Waals surface area (Å²) >= 11 is 0. The number of hydrogen-bond donors (Lipinski definition) is 1. The summed E-state index contributed by atoms with van der Waals surface area (Å²) < 4.78 is 0. The number of amides is 1. The molecule has 0 saturated carbocycles. The second-order valence-electron chi connectivity index (χ2n) is 5.87. The number of anilines is 2. The summed E-state index contributed by atoms with van der Waals surface area (Å²) in [6, 6.07) is 7.94. The normalized spacial score (nSPS) is 11.2. The molecule has 1 N–H and O–H groups in total. The van der Waals surface area contributed by atoms with Crippen LogP contribution in [0.1, 0.15) is 34.1 Å². The van der Waals surface area contributed by atoms with E-state index in [1.165, 1.54) is 0 Å². The van der Waals surface area contributed by atoms with Crippen LogP contribution in [0.3, 0.4) is 0 Å². The van der Waals surface area contributed by atoms with Crippen molar-refractivity contribution in [1.82, 2.24) is 0 Å². The molecule has 0 fully saturated rings. The topological polar surface area (TPSA) is 32.3 Å². The first kappa shape index (κ1) is 14.6. The van der Waals surface area contributed by atoms with Crippen molar-refractivity contribution in [2.45, 2.75) is 34.1 Å². The summed E-state index contributed by atoms with van der Waals surface area (Å²) in [7, 11) is 1.79. The third kappa shape index (κ3) is 4.78. The molecule has 1 rings (SSSR count). The molecule has 0 aromatic heterocycles. The molecule has 0 aliphatic heterocycles. The first-order valence-electron chi connectivity index (χ1n) is 6.38. The highest BCUT2D eigenvalue weighted by Gasteiger charge is 2.09. The van der Waals surface area contributed by atoms with Gasteiger partial charge in [0, 0.05) is 31.9 Å². The number of nitrogens with zero attached hydrogens (tertiary/aromatic N) is 1. The highest BCUT2D eigenvalue weighted by Crippen LogP contribution is 2.21. The number of carbonyl (C=O) groups is 1. The van der Waals surface area contributed by atoms with Gasteiger partial charge in [-0.3, -0.25) is 4.79 Å². The fraction of sp³-hybridized carbons (Fsp3) is 0.533. The van der Waals surface area contributed by atoms with Gasteiger partial charge in [-0.2, -0.15) is 0 Å². The molecule has 18 heavy (non-hydrogen) atoms. The van der Waals surface area contributed by atoms with Crippen LogP contribution >= 0.6 is 0 Å². The Morgan fingerprint density at radius 2 is 2.00 bits per heavy atom. The van der Waals surface area contributed by atoms with Gasteiger partial charge in [-0.05, 0) is 30.0 Å². The molecule has 3 nitrogen and oxygen atoms in total. The van der Waals surface area contributed by atoms with E-state index in [1.54, 1.807) is 18.9 Å². The average Bonchev–Trinajstić information content (AvgIpc) is 2.26. The molecule has 100 valence electrons. The minimum Gasteiger partial charge on any atom is -0.385 e. The summed E-state index contributed by atoms with van der Waals surface area (Å²) in [6.45, 7) is 9.20.